The third-order valence-corrected chi connectivity index (χ3v) is 4.95. The number of nitrogens with zero attached hydrogens (tertiary/aromatic N) is 1. The lowest BCUT2D eigenvalue weighted by Gasteiger charge is -2.26. The Hall–Kier alpha value is -4.11. The Balaban J connectivity index is 1.71. The minimum Gasteiger partial charge on any atom is -0.440 e. The maximum Gasteiger partial charge on any atom is 0.343 e. The molecule has 0 aromatic heterocycles. The average molecular weight is 400 g/mol. The molecule has 2 N–H and O–H groups in total. The smallest absolute Gasteiger partial charge is 0.343 e. The molecule has 0 saturated carbocycles. The Morgan fingerprint density at radius 2 is 1.93 bits per heavy atom. The van der Waals surface area contributed by atoms with E-state index in [4.69, 9.17) is 15.2 Å². The molecule has 1 aliphatic heterocycles. The summed E-state index contributed by atoms with van der Waals surface area (Å²) in [5, 5.41) is 9.58. The number of rotatable bonds is 3. The van der Waals surface area contributed by atoms with E-state index in [9.17, 15) is 14.4 Å². The van der Waals surface area contributed by atoms with Crippen LogP contribution in [0.1, 0.15) is 33.0 Å². The van der Waals surface area contributed by atoms with Crippen LogP contribution in [0.2, 0.25) is 0 Å². The molecule has 30 heavy (non-hydrogen) atoms. The number of nitrogens with two attached hydrogens (primary N) is 1. The number of carbonyl (C=O) groups is 1. The molecule has 0 radical (unpaired) electrons. The number of esters is 1. The molecule has 3 aromatic rings. The maximum atomic E-state index is 13.8. The number of benzene rings is 3. The molecule has 1 heterocycles. The number of aryl methyl sites for hydroxylation is 1. The Kier molecular flexibility index (Phi) is 4.95. The maximum absolute atomic E-state index is 13.8. The van der Waals surface area contributed by atoms with Gasteiger partial charge in [-0.3, -0.25) is 0 Å². The van der Waals surface area contributed by atoms with Crippen LogP contribution in [0.3, 0.4) is 0 Å². The van der Waals surface area contributed by atoms with Crippen molar-refractivity contribution in [1.29, 1.82) is 5.26 Å². The van der Waals surface area contributed by atoms with Gasteiger partial charge in [0.15, 0.2) is 0 Å². The quantitative estimate of drug-likeness (QED) is 0.514. The minimum atomic E-state index is -0.587. The molecule has 1 aliphatic rings. The highest BCUT2D eigenvalue weighted by Crippen LogP contribution is 2.43. The highest BCUT2D eigenvalue weighted by Gasteiger charge is 2.31. The van der Waals surface area contributed by atoms with Gasteiger partial charge in [0.2, 0.25) is 5.88 Å². The van der Waals surface area contributed by atoms with Crippen LogP contribution in [0.5, 0.6) is 11.5 Å². The Morgan fingerprint density at radius 3 is 2.67 bits per heavy atom. The van der Waals surface area contributed by atoms with Gasteiger partial charge in [0, 0.05) is 11.6 Å². The fraction of sp³-hybridized carbons (Fsp3) is 0.0833. The van der Waals surface area contributed by atoms with E-state index in [2.05, 4.69) is 6.07 Å². The fourth-order valence-electron chi connectivity index (χ4n) is 3.49. The number of hydrogen-bond donors (Lipinski definition) is 1. The molecule has 0 amide bonds. The van der Waals surface area contributed by atoms with E-state index in [1.807, 2.05) is 19.1 Å². The molecule has 6 heteroatoms. The first kappa shape index (κ1) is 19.2. The van der Waals surface area contributed by atoms with Crippen LogP contribution in [0.15, 0.2) is 78.2 Å². The average Bonchev–Trinajstić information content (AvgIpc) is 2.73. The van der Waals surface area contributed by atoms with Crippen molar-refractivity contribution in [2.75, 3.05) is 0 Å². The molecule has 4 rings (SSSR count). The molecule has 0 bridgehead atoms. The predicted octanol–water partition coefficient (Wildman–Crippen LogP) is 4.57. The number of nitriles is 1. The third-order valence-electron chi connectivity index (χ3n) is 4.95. The normalized spacial score (nSPS) is 15.0. The lowest BCUT2D eigenvalue weighted by molar-refractivity contribution is 0.0733. The molecule has 1 unspecified atom stereocenters. The van der Waals surface area contributed by atoms with E-state index < -0.39 is 17.7 Å². The highest BCUT2D eigenvalue weighted by atomic mass is 19.1. The van der Waals surface area contributed by atoms with Gasteiger partial charge in [-0.25, -0.2) is 9.18 Å². The molecular weight excluding hydrogens is 383 g/mol. The van der Waals surface area contributed by atoms with Gasteiger partial charge < -0.3 is 15.2 Å². The molecule has 1 atom stereocenters. The van der Waals surface area contributed by atoms with E-state index in [1.54, 1.807) is 42.5 Å². The Morgan fingerprint density at radius 1 is 1.13 bits per heavy atom. The fourth-order valence-corrected chi connectivity index (χ4v) is 3.49. The van der Waals surface area contributed by atoms with Crippen LogP contribution in [0.25, 0.3) is 0 Å². The molecule has 3 aromatic carbocycles. The molecule has 148 valence electrons. The van der Waals surface area contributed by atoms with Crippen LogP contribution in [0.4, 0.5) is 4.39 Å². The van der Waals surface area contributed by atoms with Crippen molar-refractivity contribution in [1.82, 2.24) is 0 Å². The van der Waals surface area contributed by atoms with E-state index in [1.165, 1.54) is 12.1 Å². The van der Waals surface area contributed by atoms with Gasteiger partial charge >= 0.3 is 5.97 Å². The number of fused-ring (bicyclic) bond motifs is 1. The summed E-state index contributed by atoms with van der Waals surface area (Å²) in [4.78, 5) is 12.5. The SMILES string of the molecule is Cc1ccccc1C(=O)Oc1ccc2c(c1)OC(N)=C(C#N)C2c1cccc(F)c1. The van der Waals surface area contributed by atoms with E-state index >= 15 is 0 Å². The Labute approximate surface area is 172 Å². The third kappa shape index (κ3) is 3.49. The van der Waals surface area contributed by atoms with E-state index in [0.717, 1.165) is 5.56 Å². The van der Waals surface area contributed by atoms with Gasteiger partial charge in [-0.1, -0.05) is 36.4 Å². The summed E-state index contributed by atoms with van der Waals surface area (Å²) in [6.45, 7) is 1.82. The number of halogens is 1. The van der Waals surface area contributed by atoms with Crippen molar-refractivity contribution in [3.8, 4) is 17.6 Å². The highest BCUT2D eigenvalue weighted by molar-refractivity contribution is 5.92. The summed E-state index contributed by atoms with van der Waals surface area (Å²) < 4.78 is 24.9. The molecule has 0 aliphatic carbocycles. The summed E-state index contributed by atoms with van der Waals surface area (Å²) in [6, 6.07) is 20.0. The second-order valence-corrected chi connectivity index (χ2v) is 6.88. The standard InChI is InChI=1S/C24H17FN2O3/c1-14-5-2-3-8-18(14)24(28)29-17-9-10-19-21(12-17)30-23(27)20(13-26)22(19)15-6-4-7-16(25)11-15/h2-12,22H,27H2,1H3. The molecule has 0 fully saturated rings. The van der Waals surface area contributed by atoms with Gasteiger partial charge in [-0.15, -0.1) is 0 Å². The van der Waals surface area contributed by atoms with Gasteiger partial charge in [-0.05, 0) is 42.3 Å². The molecule has 5 nitrogen and oxygen atoms in total. The number of hydrogen-bond acceptors (Lipinski definition) is 5. The largest absolute Gasteiger partial charge is 0.440 e. The van der Waals surface area contributed by atoms with Crippen molar-refractivity contribution in [2.24, 2.45) is 5.73 Å². The summed E-state index contributed by atoms with van der Waals surface area (Å²) in [7, 11) is 0. The predicted molar refractivity (Wildman–Crippen MR) is 108 cm³/mol. The molecule has 0 spiro atoms. The lowest BCUT2D eigenvalue weighted by atomic mass is 9.83. The summed E-state index contributed by atoms with van der Waals surface area (Å²) in [5.41, 5.74) is 8.62. The first-order valence-corrected chi connectivity index (χ1v) is 9.22. The van der Waals surface area contributed by atoms with E-state index in [0.29, 0.717) is 22.4 Å². The first-order valence-electron chi connectivity index (χ1n) is 9.22. The monoisotopic (exact) mass is 400 g/mol. The number of carbonyl (C=O) groups excluding carboxylic acids is 1. The van der Waals surface area contributed by atoms with Gasteiger partial charge in [0.25, 0.3) is 0 Å². The van der Waals surface area contributed by atoms with Crippen LogP contribution in [-0.2, 0) is 0 Å². The number of ether oxygens (including phenoxy) is 2. The van der Waals surface area contributed by atoms with E-state index in [-0.39, 0.29) is 17.2 Å². The zero-order valence-electron chi connectivity index (χ0n) is 16.1. The molecule has 0 saturated heterocycles. The van der Waals surface area contributed by atoms with Crippen molar-refractivity contribution < 1.29 is 18.7 Å². The topological polar surface area (TPSA) is 85.3 Å². The summed E-state index contributed by atoms with van der Waals surface area (Å²) in [5.74, 6) is -0.951. The first-order chi connectivity index (χ1) is 14.5. The second kappa shape index (κ2) is 7.72. The van der Waals surface area contributed by atoms with Crippen LogP contribution in [0, 0.1) is 24.1 Å². The van der Waals surface area contributed by atoms with Crippen LogP contribution < -0.4 is 15.2 Å². The van der Waals surface area contributed by atoms with Crippen molar-refractivity contribution >= 4 is 5.97 Å². The minimum absolute atomic E-state index is 0.0679. The number of allylic oxidation sites excluding steroid dienone is 1. The summed E-state index contributed by atoms with van der Waals surface area (Å²) in [6.07, 6.45) is 0. The van der Waals surface area contributed by atoms with Gasteiger partial charge in [0.1, 0.15) is 29.0 Å². The van der Waals surface area contributed by atoms with Crippen molar-refractivity contribution in [3.05, 3.63) is 106 Å². The lowest BCUT2D eigenvalue weighted by Crippen LogP contribution is -2.21. The van der Waals surface area contributed by atoms with Crippen molar-refractivity contribution in [3.63, 3.8) is 0 Å². The zero-order chi connectivity index (χ0) is 21.3. The second-order valence-electron chi connectivity index (χ2n) is 6.88. The van der Waals surface area contributed by atoms with Crippen LogP contribution in [-0.4, -0.2) is 5.97 Å². The van der Waals surface area contributed by atoms with Crippen LogP contribution >= 0.6 is 0 Å². The molecular formula is C24H17FN2O3. The van der Waals surface area contributed by atoms with Gasteiger partial charge in [0.05, 0.1) is 11.5 Å². The summed E-state index contributed by atoms with van der Waals surface area (Å²) >= 11 is 0. The van der Waals surface area contributed by atoms with Crippen molar-refractivity contribution in [2.45, 2.75) is 12.8 Å². The zero-order valence-corrected chi connectivity index (χ0v) is 16.1. The van der Waals surface area contributed by atoms with Gasteiger partial charge in [-0.2, -0.15) is 5.26 Å². The Bertz CT molecular complexity index is 1230.